The second-order valence-corrected chi connectivity index (χ2v) is 6.28. The molecule has 1 saturated heterocycles. The van der Waals surface area contributed by atoms with E-state index < -0.39 is 11.6 Å². The molecular weight excluding hydrogens is 266 g/mol. The summed E-state index contributed by atoms with van der Waals surface area (Å²) in [5, 5.41) is 3.84. The van der Waals surface area contributed by atoms with Crippen molar-refractivity contribution in [3.05, 3.63) is 35.5 Å². The highest BCUT2D eigenvalue weighted by molar-refractivity contribution is 5.97. The van der Waals surface area contributed by atoms with Crippen LogP contribution in [-0.4, -0.2) is 34.3 Å². The van der Waals surface area contributed by atoms with Gasteiger partial charge in [-0.25, -0.2) is 0 Å². The predicted octanol–water partition coefficient (Wildman–Crippen LogP) is 1.29. The van der Waals surface area contributed by atoms with Crippen molar-refractivity contribution in [2.24, 2.45) is 0 Å². The van der Waals surface area contributed by atoms with E-state index in [1.807, 2.05) is 32.0 Å². The third-order valence-electron chi connectivity index (χ3n) is 4.72. The Balaban J connectivity index is 1.98. The predicted molar refractivity (Wildman–Crippen MR) is 78.7 cm³/mol. The van der Waals surface area contributed by atoms with E-state index in [0.717, 1.165) is 22.2 Å². The maximum absolute atomic E-state index is 12.3. The van der Waals surface area contributed by atoms with Crippen LogP contribution in [0.2, 0.25) is 0 Å². The van der Waals surface area contributed by atoms with Crippen molar-refractivity contribution < 1.29 is 9.59 Å². The van der Waals surface area contributed by atoms with Crippen LogP contribution in [0, 0.1) is 0 Å². The molecule has 4 rings (SSSR count). The van der Waals surface area contributed by atoms with Crippen LogP contribution >= 0.6 is 0 Å². The second kappa shape index (κ2) is 3.87. The third-order valence-corrected chi connectivity index (χ3v) is 4.72. The molecule has 0 spiro atoms. The summed E-state index contributed by atoms with van der Waals surface area (Å²) in [6, 6.07) is 7.68. The number of aromatic nitrogens is 1. The standard InChI is InChI=1S/C16H17N3O2/c1-16(2)14-10(9-5-3-4-6-11(9)18-14)7-12-15(21)17-8-13(20)19(12)16/h3-6,12,18H,7-8H2,1-2H3,(H,17,21)/t12-/m1/s1. The number of nitrogens with one attached hydrogen (secondary N) is 2. The normalized spacial score (nSPS) is 23.7. The largest absolute Gasteiger partial charge is 0.356 e. The van der Waals surface area contributed by atoms with Crippen LogP contribution in [-0.2, 0) is 21.5 Å². The van der Waals surface area contributed by atoms with Crippen LogP contribution in [0.25, 0.3) is 10.9 Å². The monoisotopic (exact) mass is 283 g/mol. The molecule has 108 valence electrons. The van der Waals surface area contributed by atoms with E-state index in [9.17, 15) is 9.59 Å². The lowest BCUT2D eigenvalue weighted by atomic mass is 9.82. The summed E-state index contributed by atoms with van der Waals surface area (Å²) in [5.74, 6) is -0.0764. The van der Waals surface area contributed by atoms with Crippen molar-refractivity contribution in [3.63, 3.8) is 0 Å². The summed E-state index contributed by atoms with van der Waals surface area (Å²) in [5.41, 5.74) is 2.75. The number of fused-ring (bicyclic) bond motifs is 4. The number of H-pyrrole nitrogens is 1. The lowest BCUT2D eigenvalue weighted by molar-refractivity contribution is -0.153. The van der Waals surface area contributed by atoms with Crippen molar-refractivity contribution in [1.29, 1.82) is 0 Å². The van der Waals surface area contributed by atoms with E-state index in [2.05, 4.69) is 16.4 Å². The number of carbonyl (C=O) groups is 2. The molecule has 2 aromatic rings. The number of rotatable bonds is 0. The van der Waals surface area contributed by atoms with Gasteiger partial charge in [-0.15, -0.1) is 0 Å². The van der Waals surface area contributed by atoms with E-state index in [4.69, 9.17) is 0 Å². The number of carbonyl (C=O) groups excluding carboxylic acids is 2. The Morgan fingerprint density at radius 3 is 2.81 bits per heavy atom. The lowest BCUT2D eigenvalue weighted by Crippen LogP contribution is -2.66. The highest BCUT2D eigenvalue weighted by atomic mass is 16.2. The zero-order chi connectivity index (χ0) is 14.8. The molecule has 0 saturated carbocycles. The molecule has 3 heterocycles. The lowest BCUT2D eigenvalue weighted by Gasteiger charge is -2.48. The van der Waals surface area contributed by atoms with E-state index in [-0.39, 0.29) is 18.4 Å². The molecule has 2 N–H and O–H groups in total. The van der Waals surface area contributed by atoms with E-state index in [1.165, 1.54) is 0 Å². The number of amides is 2. The van der Waals surface area contributed by atoms with E-state index in [1.54, 1.807) is 4.90 Å². The fourth-order valence-electron chi connectivity index (χ4n) is 3.79. The first-order valence-electron chi connectivity index (χ1n) is 7.20. The fourth-order valence-corrected chi connectivity index (χ4v) is 3.79. The zero-order valence-electron chi connectivity index (χ0n) is 12.1. The maximum Gasteiger partial charge on any atom is 0.243 e. The average molecular weight is 283 g/mol. The highest BCUT2D eigenvalue weighted by Gasteiger charge is 2.49. The molecular formula is C16H17N3O2. The first-order valence-corrected chi connectivity index (χ1v) is 7.20. The van der Waals surface area contributed by atoms with Crippen LogP contribution in [0.3, 0.4) is 0 Å². The Morgan fingerprint density at radius 2 is 2.00 bits per heavy atom. The SMILES string of the molecule is CC1(C)c2[nH]c3ccccc3c2C[C@@H]2C(=O)NCC(=O)N21. The van der Waals surface area contributed by atoms with Gasteiger partial charge >= 0.3 is 0 Å². The van der Waals surface area contributed by atoms with Gasteiger partial charge < -0.3 is 15.2 Å². The third kappa shape index (κ3) is 1.51. The molecule has 1 aromatic carbocycles. The maximum atomic E-state index is 12.3. The minimum atomic E-state index is -0.508. The summed E-state index contributed by atoms with van der Waals surface area (Å²) >= 11 is 0. The smallest absolute Gasteiger partial charge is 0.243 e. The van der Waals surface area contributed by atoms with Crippen molar-refractivity contribution >= 4 is 22.7 Å². The zero-order valence-corrected chi connectivity index (χ0v) is 12.1. The van der Waals surface area contributed by atoms with Crippen molar-refractivity contribution in [2.45, 2.75) is 31.8 Å². The first-order chi connectivity index (χ1) is 10.00. The summed E-state index contributed by atoms with van der Waals surface area (Å²) in [7, 11) is 0. The van der Waals surface area contributed by atoms with Gasteiger partial charge in [0.25, 0.3) is 0 Å². The van der Waals surface area contributed by atoms with E-state index >= 15 is 0 Å². The van der Waals surface area contributed by atoms with Crippen LogP contribution in [0.5, 0.6) is 0 Å². The summed E-state index contributed by atoms with van der Waals surface area (Å²) in [4.78, 5) is 29.7. The van der Waals surface area contributed by atoms with Crippen LogP contribution in [0.1, 0.15) is 25.1 Å². The first kappa shape index (κ1) is 12.4. The molecule has 1 fully saturated rings. The van der Waals surface area contributed by atoms with Gasteiger partial charge in [0.2, 0.25) is 11.8 Å². The minimum absolute atomic E-state index is 0.0195. The summed E-state index contributed by atoms with van der Waals surface area (Å²) < 4.78 is 0. The molecule has 2 aliphatic rings. The number of nitrogens with zero attached hydrogens (tertiary/aromatic N) is 1. The minimum Gasteiger partial charge on any atom is -0.356 e. The van der Waals surface area contributed by atoms with Crippen molar-refractivity contribution in [3.8, 4) is 0 Å². The quantitative estimate of drug-likeness (QED) is 0.765. The van der Waals surface area contributed by atoms with Gasteiger partial charge in [-0.2, -0.15) is 0 Å². The fraction of sp³-hybridized carbons (Fsp3) is 0.375. The van der Waals surface area contributed by atoms with Gasteiger partial charge in [-0.05, 0) is 25.5 Å². The molecule has 0 aliphatic carbocycles. The van der Waals surface area contributed by atoms with Gasteiger partial charge in [-0.1, -0.05) is 18.2 Å². The molecule has 21 heavy (non-hydrogen) atoms. The number of piperazine rings is 1. The van der Waals surface area contributed by atoms with Gasteiger partial charge in [0, 0.05) is 23.0 Å². The second-order valence-electron chi connectivity index (χ2n) is 6.28. The molecule has 0 bridgehead atoms. The number of para-hydroxylation sites is 1. The molecule has 5 heteroatoms. The molecule has 0 unspecified atom stereocenters. The molecule has 0 radical (unpaired) electrons. The Hall–Kier alpha value is -2.30. The topological polar surface area (TPSA) is 65.2 Å². The molecule has 1 aromatic heterocycles. The van der Waals surface area contributed by atoms with Gasteiger partial charge in [-0.3, -0.25) is 9.59 Å². The molecule has 2 aliphatic heterocycles. The van der Waals surface area contributed by atoms with Gasteiger partial charge in [0.05, 0.1) is 12.1 Å². The van der Waals surface area contributed by atoms with Crippen molar-refractivity contribution in [2.75, 3.05) is 6.54 Å². The molecule has 1 atom stereocenters. The Morgan fingerprint density at radius 1 is 1.24 bits per heavy atom. The average Bonchev–Trinajstić information content (AvgIpc) is 2.83. The Kier molecular flexibility index (Phi) is 2.29. The van der Waals surface area contributed by atoms with Gasteiger partial charge in [0.1, 0.15) is 6.04 Å². The molecule has 2 amide bonds. The number of aromatic amines is 1. The Labute approximate surface area is 122 Å². The van der Waals surface area contributed by atoms with Crippen LogP contribution < -0.4 is 5.32 Å². The number of hydrogen-bond donors (Lipinski definition) is 2. The van der Waals surface area contributed by atoms with Crippen LogP contribution in [0.4, 0.5) is 0 Å². The summed E-state index contributed by atoms with van der Waals surface area (Å²) in [6.45, 7) is 4.10. The number of hydrogen-bond acceptors (Lipinski definition) is 2. The number of benzene rings is 1. The highest BCUT2D eigenvalue weighted by Crippen LogP contribution is 2.41. The Bertz CT molecular complexity index is 775. The van der Waals surface area contributed by atoms with E-state index in [0.29, 0.717) is 6.42 Å². The van der Waals surface area contributed by atoms with Gasteiger partial charge in [0.15, 0.2) is 0 Å². The van der Waals surface area contributed by atoms with Crippen molar-refractivity contribution in [1.82, 2.24) is 15.2 Å². The van der Waals surface area contributed by atoms with Crippen LogP contribution in [0.15, 0.2) is 24.3 Å². The molecule has 5 nitrogen and oxygen atoms in total. The summed E-state index contributed by atoms with van der Waals surface area (Å²) in [6.07, 6.45) is 0.570.